The van der Waals surface area contributed by atoms with Gasteiger partial charge in [-0.3, -0.25) is 4.90 Å². The molecule has 182 valence electrons. The molecule has 0 bridgehead atoms. The third-order valence-electron chi connectivity index (χ3n) is 6.30. The van der Waals surface area contributed by atoms with E-state index in [1.807, 2.05) is 41.1 Å². The monoisotopic (exact) mass is 485 g/mol. The predicted molar refractivity (Wildman–Crippen MR) is 132 cm³/mol. The minimum atomic E-state index is -0.288. The van der Waals surface area contributed by atoms with Crippen molar-refractivity contribution in [2.24, 2.45) is 0 Å². The van der Waals surface area contributed by atoms with E-state index in [2.05, 4.69) is 22.0 Å². The molecule has 0 spiro atoms. The average Bonchev–Trinajstić information content (AvgIpc) is 3.38. The Kier molecular flexibility index (Phi) is 8.32. The van der Waals surface area contributed by atoms with Crippen LogP contribution in [0.4, 0.5) is 0 Å². The summed E-state index contributed by atoms with van der Waals surface area (Å²) in [4.78, 5) is 6.48. The predicted octanol–water partition coefficient (Wildman–Crippen LogP) is 4.68. The smallest absolute Gasteiger partial charge is 0.161 e. The van der Waals surface area contributed by atoms with Crippen molar-refractivity contribution in [3.8, 4) is 17.2 Å². The lowest BCUT2D eigenvalue weighted by Crippen LogP contribution is -2.48. The van der Waals surface area contributed by atoms with Crippen LogP contribution in [0.5, 0.6) is 17.2 Å². The molecule has 1 aromatic heterocycles. The lowest BCUT2D eigenvalue weighted by Gasteiger charge is -2.40. The van der Waals surface area contributed by atoms with Gasteiger partial charge in [0, 0.05) is 44.2 Å². The molecule has 34 heavy (non-hydrogen) atoms. The van der Waals surface area contributed by atoms with Gasteiger partial charge in [-0.15, -0.1) is 0 Å². The van der Waals surface area contributed by atoms with Gasteiger partial charge in [0.15, 0.2) is 11.5 Å². The maximum absolute atomic E-state index is 6.07. The normalized spacial score (nSPS) is 15.7. The van der Waals surface area contributed by atoms with Crippen LogP contribution in [0.15, 0.2) is 61.2 Å². The van der Waals surface area contributed by atoms with Gasteiger partial charge in [0.1, 0.15) is 24.6 Å². The number of hydrogen-bond acceptors (Lipinski definition) is 6. The number of halogens is 1. The zero-order chi connectivity index (χ0) is 23.8. The summed E-state index contributed by atoms with van der Waals surface area (Å²) in [5.74, 6) is 2.27. The standard InChI is InChI=1S/C26H32ClN3O4/c1-31-25-16-21(6-7-24(25)33-15-14-30-13-10-28-20-30)18-29-11-8-26(32-2,9-12-29)19-34-23-5-3-4-22(27)17-23/h3-7,10,13,16-17,20H,8-9,11-12,14-15,18-19H2,1-2H3. The molecule has 1 aliphatic heterocycles. The molecule has 1 fully saturated rings. The van der Waals surface area contributed by atoms with Crippen molar-refractivity contribution in [1.82, 2.24) is 14.5 Å². The fourth-order valence-electron chi connectivity index (χ4n) is 4.17. The Balaban J connectivity index is 1.28. The Morgan fingerprint density at radius 2 is 1.88 bits per heavy atom. The Labute approximate surface area is 206 Å². The second kappa shape index (κ2) is 11.6. The number of piperidine rings is 1. The van der Waals surface area contributed by atoms with Crippen molar-refractivity contribution in [3.63, 3.8) is 0 Å². The number of benzene rings is 2. The molecule has 0 N–H and O–H groups in total. The Morgan fingerprint density at radius 3 is 2.59 bits per heavy atom. The van der Waals surface area contributed by atoms with E-state index in [1.54, 1.807) is 26.7 Å². The SMILES string of the molecule is COc1cc(CN2CCC(COc3cccc(Cl)c3)(OC)CC2)ccc1OCCn1ccnc1. The summed E-state index contributed by atoms with van der Waals surface area (Å²) in [5.41, 5.74) is 0.905. The third kappa shape index (κ3) is 6.44. The van der Waals surface area contributed by atoms with E-state index < -0.39 is 0 Å². The zero-order valence-electron chi connectivity index (χ0n) is 19.8. The molecule has 0 amide bonds. The molecule has 4 rings (SSSR count). The fraction of sp³-hybridized carbons (Fsp3) is 0.423. The minimum absolute atomic E-state index is 0.288. The van der Waals surface area contributed by atoms with Gasteiger partial charge >= 0.3 is 0 Å². The summed E-state index contributed by atoms with van der Waals surface area (Å²) in [7, 11) is 3.45. The summed E-state index contributed by atoms with van der Waals surface area (Å²) < 4.78 is 25.4. The van der Waals surface area contributed by atoms with E-state index >= 15 is 0 Å². The van der Waals surface area contributed by atoms with Crippen LogP contribution < -0.4 is 14.2 Å². The topological polar surface area (TPSA) is 58.0 Å². The molecule has 0 saturated carbocycles. The number of ether oxygens (including phenoxy) is 4. The summed E-state index contributed by atoms with van der Waals surface area (Å²) in [5, 5.41) is 0.670. The van der Waals surface area contributed by atoms with E-state index in [0.29, 0.717) is 18.2 Å². The number of aromatic nitrogens is 2. The van der Waals surface area contributed by atoms with Crippen LogP contribution >= 0.6 is 11.6 Å². The Hall–Kier alpha value is -2.74. The fourth-order valence-corrected chi connectivity index (χ4v) is 4.35. The maximum Gasteiger partial charge on any atom is 0.161 e. The van der Waals surface area contributed by atoms with E-state index in [1.165, 1.54) is 5.56 Å². The Bertz CT molecular complexity index is 1040. The molecule has 8 heteroatoms. The summed E-state index contributed by atoms with van der Waals surface area (Å²) in [6.07, 6.45) is 7.26. The highest BCUT2D eigenvalue weighted by Gasteiger charge is 2.35. The van der Waals surface area contributed by atoms with E-state index in [4.69, 9.17) is 30.5 Å². The first-order valence-corrected chi connectivity index (χ1v) is 11.9. The molecular weight excluding hydrogens is 454 g/mol. The van der Waals surface area contributed by atoms with Crippen LogP contribution in [0, 0.1) is 0 Å². The minimum Gasteiger partial charge on any atom is -0.493 e. The van der Waals surface area contributed by atoms with Crippen LogP contribution in [-0.4, -0.2) is 60.6 Å². The van der Waals surface area contributed by atoms with Gasteiger partial charge in [-0.1, -0.05) is 23.7 Å². The summed E-state index contributed by atoms with van der Waals surface area (Å²) in [6.45, 7) is 4.50. The average molecular weight is 486 g/mol. The number of methoxy groups -OCH3 is 2. The number of hydrogen-bond donors (Lipinski definition) is 0. The molecular formula is C26H32ClN3O4. The summed E-state index contributed by atoms with van der Waals surface area (Å²) in [6, 6.07) is 13.6. The van der Waals surface area contributed by atoms with Gasteiger partial charge < -0.3 is 23.5 Å². The number of rotatable bonds is 11. The molecule has 1 aliphatic rings. The maximum atomic E-state index is 6.07. The van der Waals surface area contributed by atoms with Crippen molar-refractivity contribution >= 4 is 11.6 Å². The van der Waals surface area contributed by atoms with Gasteiger partial charge in [-0.2, -0.15) is 0 Å². The molecule has 7 nitrogen and oxygen atoms in total. The van der Waals surface area contributed by atoms with Gasteiger partial charge in [0.2, 0.25) is 0 Å². The largest absolute Gasteiger partial charge is 0.493 e. The second-order valence-electron chi connectivity index (χ2n) is 8.54. The number of likely N-dealkylation sites (tertiary alicyclic amines) is 1. The summed E-state index contributed by atoms with van der Waals surface area (Å²) >= 11 is 6.07. The van der Waals surface area contributed by atoms with E-state index in [0.717, 1.165) is 56.3 Å². The number of imidazole rings is 1. The van der Waals surface area contributed by atoms with Crippen LogP contribution in [0.1, 0.15) is 18.4 Å². The highest BCUT2D eigenvalue weighted by Crippen LogP contribution is 2.31. The molecule has 0 unspecified atom stereocenters. The molecule has 2 heterocycles. The van der Waals surface area contributed by atoms with Gasteiger partial charge in [-0.05, 0) is 48.7 Å². The third-order valence-corrected chi connectivity index (χ3v) is 6.53. The molecule has 1 saturated heterocycles. The molecule has 3 aromatic rings. The van der Waals surface area contributed by atoms with Crippen molar-refractivity contribution < 1.29 is 18.9 Å². The first-order valence-electron chi connectivity index (χ1n) is 11.5. The lowest BCUT2D eigenvalue weighted by atomic mass is 9.91. The van der Waals surface area contributed by atoms with Gasteiger partial charge in [0.05, 0.1) is 20.0 Å². The van der Waals surface area contributed by atoms with E-state index in [9.17, 15) is 0 Å². The Morgan fingerprint density at radius 1 is 1.03 bits per heavy atom. The quantitative estimate of drug-likeness (QED) is 0.393. The van der Waals surface area contributed by atoms with Gasteiger partial charge in [-0.25, -0.2) is 4.98 Å². The first kappa shape index (κ1) is 24.4. The second-order valence-corrected chi connectivity index (χ2v) is 8.98. The lowest BCUT2D eigenvalue weighted by molar-refractivity contribution is -0.0839. The van der Waals surface area contributed by atoms with Crippen molar-refractivity contribution in [2.75, 3.05) is 40.5 Å². The molecule has 0 atom stereocenters. The highest BCUT2D eigenvalue weighted by molar-refractivity contribution is 6.30. The highest BCUT2D eigenvalue weighted by atomic mass is 35.5. The number of nitrogens with zero attached hydrogens (tertiary/aromatic N) is 3. The van der Waals surface area contributed by atoms with E-state index in [-0.39, 0.29) is 5.60 Å². The van der Waals surface area contributed by atoms with Crippen molar-refractivity contribution in [1.29, 1.82) is 0 Å². The van der Waals surface area contributed by atoms with Crippen LogP contribution in [0.2, 0.25) is 5.02 Å². The molecule has 0 radical (unpaired) electrons. The van der Waals surface area contributed by atoms with Gasteiger partial charge in [0.25, 0.3) is 0 Å². The first-order chi connectivity index (χ1) is 16.6. The van der Waals surface area contributed by atoms with Crippen LogP contribution in [-0.2, 0) is 17.8 Å². The van der Waals surface area contributed by atoms with Crippen LogP contribution in [0.3, 0.4) is 0 Å². The van der Waals surface area contributed by atoms with Crippen molar-refractivity contribution in [2.45, 2.75) is 31.5 Å². The zero-order valence-corrected chi connectivity index (χ0v) is 20.5. The molecule has 0 aliphatic carbocycles. The van der Waals surface area contributed by atoms with Crippen molar-refractivity contribution in [3.05, 3.63) is 71.8 Å². The molecule has 2 aromatic carbocycles. The van der Waals surface area contributed by atoms with Crippen LogP contribution in [0.25, 0.3) is 0 Å².